The van der Waals surface area contributed by atoms with Crippen LogP contribution in [0.5, 0.6) is 0 Å². The molecule has 1 aliphatic rings. The standard InChI is InChI=1S/C17H26FN/c1-2-3-5-13-8-10-14(11-9-13)17(19)15-6-4-7-16(18)12-15/h4,6-7,12-14,17H,2-3,5,8-11,19H2,1H3. The highest BCUT2D eigenvalue weighted by Gasteiger charge is 2.26. The molecule has 1 aromatic rings. The van der Waals surface area contributed by atoms with E-state index in [4.69, 9.17) is 5.73 Å². The molecule has 1 aromatic carbocycles. The highest BCUT2D eigenvalue weighted by atomic mass is 19.1. The molecule has 0 aromatic heterocycles. The molecule has 0 aliphatic heterocycles. The lowest BCUT2D eigenvalue weighted by molar-refractivity contribution is 0.232. The molecule has 2 heteroatoms. The van der Waals surface area contributed by atoms with Crippen molar-refractivity contribution >= 4 is 0 Å². The second-order valence-corrected chi connectivity index (χ2v) is 6.00. The zero-order valence-corrected chi connectivity index (χ0v) is 11.9. The van der Waals surface area contributed by atoms with E-state index in [1.54, 1.807) is 12.1 Å². The van der Waals surface area contributed by atoms with Crippen LogP contribution in [0.1, 0.15) is 63.5 Å². The molecule has 1 nitrogen and oxygen atoms in total. The van der Waals surface area contributed by atoms with Gasteiger partial charge in [0.25, 0.3) is 0 Å². The van der Waals surface area contributed by atoms with Crippen molar-refractivity contribution in [2.75, 3.05) is 0 Å². The first-order valence-electron chi connectivity index (χ1n) is 7.71. The largest absolute Gasteiger partial charge is 0.324 e. The molecular formula is C17H26FN. The summed E-state index contributed by atoms with van der Waals surface area (Å²) in [7, 11) is 0. The molecule has 0 amide bonds. The quantitative estimate of drug-likeness (QED) is 0.809. The molecule has 0 spiro atoms. The lowest BCUT2D eigenvalue weighted by atomic mass is 9.75. The smallest absolute Gasteiger partial charge is 0.123 e. The van der Waals surface area contributed by atoms with Gasteiger partial charge in [-0.1, -0.05) is 51.2 Å². The van der Waals surface area contributed by atoms with Crippen molar-refractivity contribution in [1.82, 2.24) is 0 Å². The van der Waals surface area contributed by atoms with E-state index in [9.17, 15) is 4.39 Å². The van der Waals surface area contributed by atoms with Gasteiger partial charge in [0.05, 0.1) is 0 Å². The van der Waals surface area contributed by atoms with Gasteiger partial charge in [0, 0.05) is 6.04 Å². The zero-order chi connectivity index (χ0) is 13.7. The molecule has 2 N–H and O–H groups in total. The maximum absolute atomic E-state index is 13.2. The Morgan fingerprint density at radius 2 is 2.00 bits per heavy atom. The number of benzene rings is 1. The minimum atomic E-state index is -0.176. The summed E-state index contributed by atoms with van der Waals surface area (Å²) in [5.74, 6) is 1.25. The number of unbranched alkanes of at least 4 members (excludes halogenated alkanes) is 1. The van der Waals surface area contributed by atoms with Crippen LogP contribution in [0.2, 0.25) is 0 Å². The van der Waals surface area contributed by atoms with Crippen molar-refractivity contribution in [3.8, 4) is 0 Å². The molecule has 0 heterocycles. The average Bonchev–Trinajstić information content (AvgIpc) is 2.45. The van der Waals surface area contributed by atoms with Crippen LogP contribution in [-0.2, 0) is 0 Å². The summed E-state index contributed by atoms with van der Waals surface area (Å²) in [4.78, 5) is 0. The van der Waals surface area contributed by atoms with E-state index in [-0.39, 0.29) is 11.9 Å². The van der Waals surface area contributed by atoms with E-state index in [0.29, 0.717) is 5.92 Å². The number of nitrogens with two attached hydrogens (primary N) is 1. The first-order chi connectivity index (χ1) is 9.20. The maximum atomic E-state index is 13.2. The summed E-state index contributed by atoms with van der Waals surface area (Å²) in [6.45, 7) is 2.26. The van der Waals surface area contributed by atoms with Crippen LogP contribution in [0, 0.1) is 17.7 Å². The van der Waals surface area contributed by atoms with Crippen molar-refractivity contribution in [3.05, 3.63) is 35.6 Å². The molecule has 0 bridgehead atoms. The molecular weight excluding hydrogens is 237 g/mol. The Balaban J connectivity index is 1.87. The van der Waals surface area contributed by atoms with E-state index in [2.05, 4.69) is 6.92 Å². The molecule has 0 radical (unpaired) electrons. The van der Waals surface area contributed by atoms with Gasteiger partial charge < -0.3 is 5.73 Å². The third-order valence-electron chi connectivity index (χ3n) is 4.60. The molecule has 1 aliphatic carbocycles. The van der Waals surface area contributed by atoms with Gasteiger partial charge in [-0.2, -0.15) is 0 Å². The van der Waals surface area contributed by atoms with Crippen LogP contribution >= 0.6 is 0 Å². The van der Waals surface area contributed by atoms with Crippen molar-refractivity contribution in [2.45, 2.75) is 57.9 Å². The predicted molar refractivity (Wildman–Crippen MR) is 78.3 cm³/mol. The molecule has 1 unspecified atom stereocenters. The summed E-state index contributed by atoms with van der Waals surface area (Å²) in [5, 5.41) is 0. The average molecular weight is 263 g/mol. The summed E-state index contributed by atoms with van der Waals surface area (Å²) >= 11 is 0. The van der Waals surface area contributed by atoms with Gasteiger partial charge in [-0.15, -0.1) is 0 Å². The fourth-order valence-electron chi connectivity index (χ4n) is 3.31. The number of hydrogen-bond donors (Lipinski definition) is 1. The Bertz CT molecular complexity index is 383. The molecule has 106 valence electrons. The van der Waals surface area contributed by atoms with Crippen molar-refractivity contribution in [3.63, 3.8) is 0 Å². The Morgan fingerprint density at radius 3 is 2.63 bits per heavy atom. The Hall–Kier alpha value is -0.890. The minimum Gasteiger partial charge on any atom is -0.324 e. The molecule has 2 rings (SSSR count). The van der Waals surface area contributed by atoms with Crippen molar-refractivity contribution in [2.24, 2.45) is 17.6 Å². The Labute approximate surface area is 116 Å². The van der Waals surface area contributed by atoms with Crippen molar-refractivity contribution < 1.29 is 4.39 Å². The van der Waals surface area contributed by atoms with Gasteiger partial charge in [0.1, 0.15) is 5.82 Å². The second kappa shape index (κ2) is 7.04. The van der Waals surface area contributed by atoms with E-state index in [0.717, 1.165) is 11.5 Å². The van der Waals surface area contributed by atoms with Gasteiger partial charge in [-0.05, 0) is 42.4 Å². The topological polar surface area (TPSA) is 26.0 Å². The highest BCUT2D eigenvalue weighted by Crippen LogP contribution is 2.37. The summed E-state index contributed by atoms with van der Waals surface area (Å²) in [6.07, 6.45) is 9.02. The van der Waals surface area contributed by atoms with Gasteiger partial charge >= 0.3 is 0 Å². The SMILES string of the molecule is CCCCC1CCC(C(N)c2cccc(F)c2)CC1. The van der Waals surface area contributed by atoms with Gasteiger partial charge in [0.15, 0.2) is 0 Å². The van der Waals surface area contributed by atoms with Crippen molar-refractivity contribution in [1.29, 1.82) is 0 Å². The predicted octanol–water partition coefficient (Wildman–Crippen LogP) is 4.82. The number of hydrogen-bond acceptors (Lipinski definition) is 1. The summed E-state index contributed by atoms with van der Waals surface area (Å²) in [5.41, 5.74) is 7.27. The summed E-state index contributed by atoms with van der Waals surface area (Å²) < 4.78 is 13.2. The van der Waals surface area contributed by atoms with Crippen LogP contribution in [0.3, 0.4) is 0 Å². The Morgan fingerprint density at radius 1 is 1.26 bits per heavy atom. The zero-order valence-electron chi connectivity index (χ0n) is 11.9. The lowest BCUT2D eigenvalue weighted by Gasteiger charge is -2.32. The van der Waals surface area contributed by atoms with Crippen LogP contribution in [0.15, 0.2) is 24.3 Å². The number of halogens is 1. The van der Waals surface area contributed by atoms with Gasteiger partial charge in [-0.3, -0.25) is 0 Å². The van der Waals surface area contributed by atoms with Crippen LogP contribution in [-0.4, -0.2) is 0 Å². The summed E-state index contributed by atoms with van der Waals surface area (Å²) in [6, 6.07) is 6.79. The highest BCUT2D eigenvalue weighted by molar-refractivity contribution is 5.20. The molecule has 1 fully saturated rings. The monoisotopic (exact) mass is 263 g/mol. The van der Waals surface area contributed by atoms with E-state index >= 15 is 0 Å². The van der Waals surface area contributed by atoms with Crippen LogP contribution in [0.25, 0.3) is 0 Å². The molecule has 1 saturated carbocycles. The third-order valence-corrected chi connectivity index (χ3v) is 4.60. The third kappa shape index (κ3) is 4.04. The van der Waals surface area contributed by atoms with E-state index in [1.165, 1.54) is 51.0 Å². The lowest BCUT2D eigenvalue weighted by Crippen LogP contribution is -2.26. The normalized spacial score (nSPS) is 25.2. The molecule has 19 heavy (non-hydrogen) atoms. The molecule has 0 saturated heterocycles. The minimum absolute atomic E-state index is 0.00262. The fourth-order valence-corrected chi connectivity index (χ4v) is 3.31. The van der Waals surface area contributed by atoms with Crippen LogP contribution in [0.4, 0.5) is 4.39 Å². The number of rotatable bonds is 5. The van der Waals surface area contributed by atoms with Crippen LogP contribution < -0.4 is 5.73 Å². The van der Waals surface area contributed by atoms with E-state index in [1.807, 2.05) is 6.07 Å². The van der Waals surface area contributed by atoms with Gasteiger partial charge in [0.2, 0.25) is 0 Å². The molecule has 1 atom stereocenters. The first-order valence-corrected chi connectivity index (χ1v) is 7.71. The first kappa shape index (κ1) is 14.5. The van der Waals surface area contributed by atoms with Gasteiger partial charge in [-0.25, -0.2) is 4.39 Å². The van der Waals surface area contributed by atoms with E-state index < -0.39 is 0 Å². The Kier molecular flexibility index (Phi) is 5.38. The second-order valence-electron chi connectivity index (χ2n) is 6.00. The maximum Gasteiger partial charge on any atom is 0.123 e. The fraction of sp³-hybridized carbons (Fsp3) is 0.647.